The second-order valence-corrected chi connectivity index (χ2v) is 7.64. The predicted octanol–water partition coefficient (Wildman–Crippen LogP) is 2.64. The van der Waals surface area contributed by atoms with Gasteiger partial charge in [0.25, 0.3) is 0 Å². The van der Waals surface area contributed by atoms with Crippen LogP contribution in [0, 0.1) is 11.8 Å². The van der Waals surface area contributed by atoms with E-state index in [1.165, 1.54) is 32.4 Å². The second kappa shape index (κ2) is 5.34. The van der Waals surface area contributed by atoms with Gasteiger partial charge in [-0.25, -0.2) is 0 Å². The highest BCUT2D eigenvalue weighted by molar-refractivity contribution is 5.04. The molecule has 3 heteroatoms. The summed E-state index contributed by atoms with van der Waals surface area (Å²) in [4.78, 5) is 2.62. The van der Waals surface area contributed by atoms with Crippen molar-refractivity contribution in [1.29, 1.82) is 0 Å². The van der Waals surface area contributed by atoms with Crippen LogP contribution in [0.15, 0.2) is 0 Å². The lowest BCUT2D eigenvalue weighted by Gasteiger charge is -2.33. The molecule has 2 rings (SSSR count). The van der Waals surface area contributed by atoms with Crippen LogP contribution in [0.2, 0.25) is 0 Å². The molecule has 1 heterocycles. The number of hydrogen-bond donors (Lipinski definition) is 1. The van der Waals surface area contributed by atoms with E-state index in [0.717, 1.165) is 12.5 Å². The molecule has 1 aliphatic heterocycles. The third-order valence-corrected chi connectivity index (χ3v) is 4.86. The Balaban J connectivity index is 2.01. The summed E-state index contributed by atoms with van der Waals surface area (Å²) in [7, 11) is 0. The van der Waals surface area contributed by atoms with E-state index in [1.807, 2.05) is 0 Å². The Bertz CT molecular complexity index is 310. The maximum absolute atomic E-state index is 6.47. The zero-order valence-corrected chi connectivity index (χ0v) is 13.4. The molecular weight excluding hydrogens is 236 g/mol. The van der Waals surface area contributed by atoms with Crippen LogP contribution in [0.1, 0.15) is 53.9 Å². The molecule has 0 amide bonds. The minimum atomic E-state index is -0.203. The van der Waals surface area contributed by atoms with Gasteiger partial charge in [-0.1, -0.05) is 6.92 Å². The molecule has 3 nitrogen and oxygen atoms in total. The van der Waals surface area contributed by atoms with Gasteiger partial charge in [-0.15, -0.1) is 0 Å². The molecule has 19 heavy (non-hydrogen) atoms. The van der Waals surface area contributed by atoms with Crippen LogP contribution < -0.4 is 5.73 Å². The van der Waals surface area contributed by atoms with Crippen LogP contribution >= 0.6 is 0 Å². The van der Waals surface area contributed by atoms with Gasteiger partial charge < -0.3 is 15.4 Å². The molecule has 0 aromatic heterocycles. The summed E-state index contributed by atoms with van der Waals surface area (Å²) in [5.74, 6) is 1.37. The summed E-state index contributed by atoms with van der Waals surface area (Å²) in [6.07, 6.45) is 4.06. The van der Waals surface area contributed by atoms with E-state index in [-0.39, 0.29) is 17.2 Å². The van der Waals surface area contributed by atoms with Crippen molar-refractivity contribution in [2.24, 2.45) is 17.6 Å². The van der Waals surface area contributed by atoms with Crippen LogP contribution in [-0.4, -0.2) is 41.8 Å². The molecule has 1 aliphatic carbocycles. The molecule has 0 aromatic carbocycles. The quantitative estimate of drug-likeness (QED) is 0.805. The number of nitrogens with zero attached hydrogens (tertiary/aromatic N) is 1. The lowest BCUT2D eigenvalue weighted by molar-refractivity contribution is -0.0785. The molecule has 0 spiro atoms. The third kappa shape index (κ3) is 3.50. The Morgan fingerprint density at radius 3 is 2.16 bits per heavy atom. The van der Waals surface area contributed by atoms with Crippen LogP contribution in [0.3, 0.4) is 0 Å². The van der Waals surface area contributed by atoms with E-state index in [9.17, 15) is 0 Å². The molecule has 0 bridgehead atoms. The van der Waals surface area contributed by atoms with E-state index >= 15 is 0 Å². The van der Waals surface area contributed by atoms with Crippen molar-refractivity contribution in [1.82, 2.24) is 4.90 Å². The normalized spacial score (nSPS) is 33.0. The van der Waals surface area contributed by atoms with Crippen LogP contribution in [0.25, 0.3) is 0 Å². The molecule has 2 fully saturated rings. The van der Waals surface area contributed by atoms with Gasteiger partial charge in [-0.2, -0.15) is 0 Å². The van der Waals surface area contributed by atoms with Gasteiger partial charge in [0.05, 0.1) is 11.2 Å². The summed E-state index contributed by atoms with van der Waals surface area (Å²) in [6.45, 7) is 14.5. The van der Waals surface area contributed by atoms with Crippen molar-refractivity contribution in [3.63, 3.8) is 0 Å². The molecule has 1 saturated carbocycles. The van der Waals surface area contributed by atoms with E-state index in [1.54, 1.807) is 0 Å². The lowest BCUT2D eigenvalue weighted by Crippen LogP contribution is -2.48. The highest BCUT2D eigenvalue weighted by atomic mass is 16.5. The van der Waals surface area contributed by atoms with Gasteiger partial charge in [0.1, 0.15) is 0 Å². The van der Waals surface area contributed by atoms with Crippen molar-refractivity contribution < 1.29 is 4.74 Å². The Hall–Kier alpha value is -0.120. The van der Waals surface area contributed by atoms with E-state index in [0.29, 0.717) is 5.92 Å². The first-order valence-electron chi connectivity index (χ1n) is 7.94. The van der Waals surface area contributed by atoms with E-state index in [2.05, 4.69) is 39.5 Å². The molecule has 2 unspecified atom stereocenters. The SMILES string of the molecule is CCCN(CC1CC1)CC1C(N)C(C)(C)OC1(C)C. The second-order valence-electron chi connectivity index (χ2n) is 7.64. The molecule has 0 radical (unpaired) electrons. The summed E-state index contributed by atoms with van der Waals surface area (Å²) >= 11 is 0. The Morgan fingerprint density at radius 1 is 1.11 bits per heavy atom. The molecule has 112 valence electrons. The van der Waals surface area contributed by atoms with Crippen LogP contribution in [-0.2, 0) is 4.74 Å². The number of rotatable bonds is 6. The summed E-state index contributed by atoms with van der Waals surface area (Å²) in [6, 6.07) is 0.126. The zero-order chi connectivity index (χ0) is 14.3. The maximum atomic E-state index is 6.47. The summed E-state index contributed by atoms with van der Waals surface area (Å²) in [5.41, 5.74) is 6.16. The Morgan fingerprint density at radius 2 is 1.74 bits per heavy atom. The largest absolute Gasteiger partial charge is 0.368 e. The molecule has 2 aliphatic rings. The number of nitrogens with two attached hydrogens (primary N) is 1. The monoisotopic (exact) mass is 268 g/mol. The van der Waals surface area contributed by atoms with Gasteiger partial charge in [0.2, 0.25) is 0 Å². The van der Waals surface area contributed by atoms with Crippen molar-refractivity contribution in [3.8, 4) is 0 Å². The minimum absolute atomic E-state index is 0.113. The Kier molecular flexibility index (Phi) is 4.29. The minimum Gasteiger partial charge on any atom is -0.368 e. The Labute approximate surface area is 118 Å². The van der Waals surface area contributed by atoms with Crippen molar-refractivity contribution in [2.75, 3.05) is 19.6 Å². The number of hydrogen-bond acceptors (Lipinski definition) is 3. The van der Waals surface area contributed by atoms with Crippen molar-refractivity contribution >= 4 is 0 Å². The standard InChI is InChI=1S/C16H32N2O/c1-6-9-18(10-12-7-8-12)11-13-14(17)16(4,5)19-15(13,2)3/h12-14H,6-11,17H2,1-5H3. The first-order valence-corrected chi connectivity index (χ1v) is 7.94. The highest BCUT2D eigenvalue weighted by Gasteiger charge is 2.52. The molecule has 2 N–H and O–H groups in total. The fourth-order valence-corrected chi connectivity index (χ4v) is 3.59. The maximum Gasteiger partial charge on any atom is 0.0788 e. The van der Waals surface area contributed by atoms with Gasteiger partial charge in [0.15, 0.2) is 0 Å². The third-order valence-electron chi connectivity index (χ3n) is 4.86. The summed E-state index contributed by atoms with van der Waals surface area (Å²) < 4.78 is 6.21. The fourth-order valence-electron chi connectivity index (χ4n) is 3.59. The number of ether oxygens (including phenoxy) is 1. The summed E-state index contributed by atoms with van der Waals surface area (Å²) in [5, 5.41) is 0. The van der Waals surface area contributed by atoms with E-state index in [4.69, 9.17) is 10.5 Å². The molecule has 1 saturated heterocycles. The van der Waals surface area contributed by atoms with E-state index < -0.39 is 0 Å². The van der Waals surface area contributed by atoms with Crippen molar-refractivity contribution in [2.45, 2.75) is 71.1 Å². The van der Waals surface area contributed by atoms with Crippen LogP contribution in [0.4, 0.5) is 0 Å². The average molecular weight is 268 g/mol. The first-order chi connectivity index (χ1) is 8.76. The molecular formula is C16H32N2O. The van der Waals surface area contributed by atoms with Gasteiger partial charge in [-0.05, 0) is 59.4 Å². The lowest BCUT2D eigenvalue weighted by atomic mass is 9.82. The highest BCUT2D eigenvalue weighted by Crippen LogP contribution is 2.42. The molecule has 2 atom stereocenters. The topological polar surface area (TPSA) is 38.5 Å². The van der Waals surface area contributed by atoms with Crippen LogP contribution in [0.5, 0.6) is 0 Å². The fraction of sp³-hybridized carbons (Fsp3) is 1.00. The smallest absolute Gasteiger partial charge is 0.0788 e. The average Bonchev–Trinajstić information content (AvgIpc) is 3.04. The first kappa shape index (κ1) is 15.3. The molecule has 0 aromatic rings. The van der Waals surface area contributed by atoms with Gasteiger partial charge >= 0.3 is 0 Å². The van der Waals surface area contributed by atoms with Gasteiger partial charge in [-0.3, -0.25) is 0 Å². The predicted molar refractivity (Wildman–Crippen MR) is 80.2 cm³/mol. The van der Waals surface area contributed by atoms with Gasteiger partial charge in [0, 0.05) is 25.0 Å². The van der Waals surface area contributed by atoms with Crippen molar-refractivity contribution in [3.05, 3.63) is 0 Å². The zero-order valence-electron chi connectivity index (χ0n) is 13.4.